The van der Waals surface area contributed by atoms with Crippen molar-refractivity contribution in [3.05, 3.63) is 83.4 Å². The van der Waals surface area contributed by atoms with Gasteiger partial charge in [-0.3, -0.25) is 10.1 Å². The van der Waals surface area contributed by atoms with Gasteiger partial charge < -0.3 is 9.73 Å². The predicted molar refractivity (Wildman–Crippen MR) is 133 cm³/mol. The van der Waals surface area contributed by atoms with Gasteiger partial charge in [0.1, 0.15) is 5.52 Å². The van der Waals surface area contributed by atoms with E-state index in [1.807, 2.05) is 73.7 Å². The number of carbonyl (C=O) groups is 1. The largest absolute Gasteiger partial charge is 0.436 e. The molecule has 32 heavy (non-hydrogen) atoms. The number of anilines is 1. The van der Waals surface area contributed by atoms with Crippen LogP contribution in [-0.4, -0.2) is 16.0 Å². The van der Waals surface area contributed by atoms with Gasteiger partial charge in [-0.2, -0.15) is 0 Å². The minimum atomic E-state index is -0.256. The molecule has 4 aromatic rings. The van der Waals surface area contributed by atoms with Crippen molar-refractivity contribution in [1.29, 1.82) is 0 Å². The number of carbonyl (C=O) groups excluding carboxylic acids is 1. The average molecular weight is 444 g/mol. The predicted octanol–water partition coefficient (Wildman–Crippen LogP) is 6.23. The van der Waals surface area contributed by atoms with Crippen molar-refractivity contribution in [3.8, 4) is 11.5 Å². The Morgan fingerprint density at radius 3 is 2.47 bits per heavy atom. The van der Waals surface area contributed by atoms with Gasteiger partial charge in [0.05, 0.1) is 0 Å². The summed E-state index contributed by atoms with van der Waals surface area (Å²) in [5.74, 6) is 0.275. The minimum absolute atomic E-state index is 0.0321. The van der Waals surface area contributed by atoms with E-state index < -0.39 is 0 Å². The molecule has 0 aliphatic heterocycles. The fraction of sp³-hybridized carbons (Fsp3) is 0.192. The number of hydrogen-bond donors (Lipinski definition) is 2. The molecule has 0 radical (unpaired) electrons. The zero-order valence-electron chi connectivity index (χ0n) is 18.5. The summed E-state index contributed by atoms with van der Waals surface area (Å²) >= 11 is 5.34. The number of benzene rings is 3. The molecule has 0 unspecified atom stereocenters. The van der Waals surface area contributed by atoms with Crippen LogP contribution in [0, 0.1) is 6.92 Å². The normalized spacial score (nSPS) is 11.4. The number of hydrogen-bond acceptors (Lipinski definition) is 4. The quantitative estimate of drug-likeness (QED) is 0.368. The highest BCUT2D eigenvalue weighted by Crippen LogP contribution is 2.27. The first-order valence-corrected chi connectivity index (χ1v) is 10.8. The zero-order chi connectivity index (χ0) is 22.9. The Morgan fingerprint density at radius 1 is 1.00 bits per heavy atom. The smallest absolute Gasteiger partial charge is 0.257 e. The van der Waals surface area contributed by atoms with Crippen LogP contribution in [0.2, 0.25) is 0 Å². The Bertz CT molecular complexity index is 1300. The number of aromatic nitrogens is 1. The lowest BCUT2D eigenvalue weighted by Crippen LogP contribution is -2.34. The van der Waals surface area contributed by atoms with E-state index in [-0.39, 0.29) is 16.4 Å². The Morgan fingerprint density at radius 2 is 1.75 bits per heavy atom. The molecule has 2 N–H and O–H groups in total. The standard InChI is InChI=1S/C26H25N3O2S/c1-16-8-13-22-21(14-16)28-24(31-22)18-6-5-7-20(15-18)27-25(32)29-23(30)17-9-11-19(12-10-17)26(2,3)4/h5-15H,1-4H3,(H2,27,29,30,32). The summed E-state index contributed by atoms with van der Waals surface area (Å²) in [5, 5.41) is 6.02. The van der Waals surface area contributed by atoms with Gasteiger partial charge in [0, 0.05) is 16.8 Å². The van der Waals surface area contributed by atoms with Crippen LogP contribution in [0.15, 0.2) is 71.1 Å². The van der Waals surface area contributed by atoms with Crippen molar-refractivity contribution in [2.24, 2.45) is 0 Å². The van der Waals surface area contributed by atoms with Gasteiger partial charge >= 0.3 is 0 Å². The first kappa shape index (κ1) is 21.7. The van der Waals surface area contributed by atoms with Crippen molar-refractivity contribution < 1.29 is 9.21 Å². The third kappa shape index (κ3) is 4.86. The number of nitrogens with one attached hydrogen (secondary N) is 2. The van der Waals surface area contributed by atoms with Crippen molar-refractivity contribution in [2.45, 2.75) is 33.1 Å². The molecule has 0 aliphatic carbocycles. The highest BCUT2D eigenvalue weighted by Gasteiger charge is 2.15. The van der Waals surface area contributed by atoms with Crippen LogP contribution in [0.3, 0.4) is 0 Å². The minimum Gasteiger partial charge on any atom is -0.436 e. The lowest BCUT2D eigenvalue weighted by Gasteiger charge is -2.19. The molecule has 1 aromatic heterocycles. The molecule has 5 nitrogen and oxygen atoms in total. The third-order valence-corrected chi connectivity index (χ3v) is 5.35. The van der Waals surface area contributed by atoms with Crippen LogP contribution in [-0.2, 0) is 5.41 Å². The number of amides is 1. The Hall–Kier alpha value is -3.51. The van der Waals surface area contributed by atoms with E-state index in [0.29, 0.717) is 11.5 Å². The van der Waals surface area contributed by atoms with Crippen LogP contribution in [0.5, 0.6) is 0 Å². The van der Waals surface area contributed by atoms with E-state index in [9.17, 15) is 4.79 Å². The molecule has 3 aromatic carbocycles. The molecule has 0 aliphatic rings. The molecule has 6 heteroatoms. The lowest BCUT2D eigenvalue weighted by molar-refractivity contribution is 0.0977. The van der Waals surface area contributed by atoms with Gasteiger partial charge in [-0.25, -0.2) is 4.98 Å². The van der Waals surface area contributed by atoms with E-state index in [4.69, 9.17) is 16.6 Å². The average Bonchev–Trinajstić information content (AvgIpc) is 3.16. The molecule has 0 spiro atoms. The second-order valence-electron chi connectivity index (χ2n) is 8.81. The van der Waals surface area contributed by atoms with Crippen LogP contribution >= 0.6 is 12.2 Å². The molecule has 0 bridgehead atoms. The molecule has 0 fully saturated rings. The fourth-order valence-electron chi connectivity index (χ4n) is 3.35. The van der Waals surface area contributed by atoms with Gasteiger partial charge in [0.25, 0.3) is 5.91 Å². The maximum Gasteiger partial charge on any atom is 0.257 e. The number of thiocarbonyl (C=S) groups is 1. The summed E-state index contributed by atoms with van der Waals surface area (Å²) in [5.41, 5.74) is 5.98. The van der Waals surface area contributed by atoms with Crippen LogP contribution < -0.4 is 10.6 Å². The van der Waals surface area contributed by atoms with E-state index >= 15 is 0 Å². The Balaban J connectivity index is 1.45. The van der Waals surface area contributed by atoms with Crippen molar-refractivity contribution in [1.82, 2.24) is 10.3 Å². The second-order valence-corrected chi connectivity index (χ2v) is 9.21. The van der Waals surface area contributed by atoms with Crippen molar-refractivity contribution in [3.63, 3.8) is 0 Å². The summed E-state index contributed by atoms with van der Waals surface area (Å²) in [6.07, 6.45) is 0. The van der Waals surface area contributed by atoms with Gasteiger partial charge in [0.2, 0.25) is 5.89 Å². The number of nitrogens with zero attached hydrogens (tertiary/aromatic N) is 1. The van der Waals surface area contributed by atoms with Crippen LogP contribution in [0.25, 0.3) is 22.6 Å². The number of rotatable bonds is 3. The molecule has 1 heterocycles. The highest BCUT2D eigenvalue weighted by molar-refractivity contribution is 7.80. The molecule has 1 amide bonds. The molecule has 4 rings (SSSR count). The third-order valence-electron chi connectivity index (χ3n) is 5.15. The first-order chi connectivity index (χ1) is 15.2. The van der Waals surface area contributed by atoms with Crippen LogP contribution in [0.1, 0.15) is 42.3 Å². The van der Waals surface area contributed by atoms with E-state index in [2.05, 4.69) is 36.4 Å². The van der Waals surface area contributed by atoms with Crippen LogP contribution in [0.4, 0.5) is 5.69 Å². The maximum atomic E-state index is 12.6. The molecular formula is C26H25N3O2S. The lowest BCUT2D eigenvalue weighted by atomic mass is 9.87. The molecule has 0 saturated carbocycles. The van der Waals surface area contributed by atoms with Crippen molar-refractivity contribution in [2.75, 3.05) is 5.32 Å². The summed E-state index contributed by atoms with van der Waals surface area (Å²) in [6, 6.07) is 21.0. The van der Waals surface area contributed by atoms with E-state index in [0.717, 1.165) is 27.9 Å². The summed E-state index contributed by atoms with van der Waals surface area (Å²) in [6.45, 7) is 8.43. The first-order valence-electron chi connectivity index (χ1n) is 10.4. The monoisotopic (exact) mass is 443 g/mol. The highest BCUT2D eigenvalue weighted by atomic mass is 32.1. The topological polar surface area (TPSA) is 67.2 Å². The van der Waals surface area contributed by atoms with Gasteiger partial charge in [-0.15, -0.1) is 0 Å². The summed E-state index contributed by atoms with van der Waals surface area (Å²) in [4.78, 5) is 17.1. The van der Waals surface area contributed by atoms with E-state index in [1.54, 1.807) is 0 Å². The van der Waals surface area contributed by atoms with Crippen molar-refractivity contribution >= 4 is 40.0 Å². The summed E-state index contributed by atoms with van der Waals surface area (Å²) in [7, 11) is 0. The number of fused-ring (bicyclic) bond motifs is 1. The number of aryl methyl sites for hydroxylation is 1. The Labute approximate surface area is 192 Å². The molecule has 162 valence electrons. The van der Waals surface area contributed by atoms with Gasteiger partial charge in [-0.05, 0) is 78.1 Å². The molecular weight excluding hydrogens is 418 g/mol. The van der Waals surface area contributed by atoms with E-state index in [1.165, 1.54) is 5.56 Å². The second kappa shape index (κ2) is 8.55. The van der Waals surface area contributed by atoms with Gasteiger partial charge in [-0.1, -0.05) is 45.0 Å². The number of oxazole rings is 1. The maximum absolute atomic E-state index is 12.6. The SMILES string of the molecule is Cc1ccc2oc(-c3cccc(NC(=S)NC(=O)c4ccc(C(C)(C)C)cc4)c3)nc2c1. The fourth-order valence-corrected chi connectivity index (χ4v) is 3.56. The molecule has 0 atom stereocenters. The molecule has 0 saturated heterocycles. The van der Waals surface area contributed by atoms with Gasteiger partial charge in [0.15, 0.2) is 10.7 Å². The zero-order valence-corrected chi connectivity index (χ0v) is 19.3. The summed E-state index contributed by atoms with van der Waals surface area (Å²) < 4.78 is 5.88. The Kier molecular flexibility index (Phi) is 5.80.